The lowest BCUT2D eigenvalue weighted by Crippen LogP contribution is -2.15. The number of methoxy groups -OCH3 is 2. The standard InChI is InChI=1S/C23H21F2NO6S/c1-4-31-22(28)19-16(13-5-8-15(29-2)9-6-13)12-33-21(19)26-20(27)14-7-10-17(32-23(24)25)18(11-14)30-3/h5-12,23H,4H2,1-3H3,(H,26,27). The number of nitrogens with one attached hydrogen (secondary N) is 1. The Bertz CT molecular complexity index is 1130. The average Bonchev–Trinajstić information content (AvgIpc) is 3.22. The highest BCUT2D eigenvalue weighted by molar-refractivity contribution is 7.15. The highest BCUT2D eigenvalue weighted by Gasteiger charge is 2.24. The Kier molecular flexibility index (Phi) is 7.83. The fourth-order valence-corrected chi connectivity index (χ4v) is 3.97. The van der Waals surface area contributed by atoms with Crippen molar-refractivity contribution in [2.45, 2.75) is 13.5 Å². The minimum atomic E-state index is -3.03. The van der Waals surface area contributed by atoms with Crippen LogP contribution >= 0.6 is 11.3 Å². The summed E-state index contributed by atoms with van der Waals surface area (Å²) in [7, 11) is 2.83. The van der Waals surface area contributed by atoms with E-state index in [1.165, 1.54) is 25.3 Å². The molecule has 2 aromatic carbocycles. The van der Waals surface area contributed by atoms with Crippen LogP contribution in [0.2, 0.25) is 0 Å². The first-order chi connectivity index (χ1) is 15.9. The van der Waals surface area contributed by atoms with E-state index < -0.39 is 18.5 Å². The third-order valence-corrected chi connectivity index (χ3v) is 5.44. The lowest BCUT2D eigenvalue weighted by atomic mass is 10.0. The largest absolute Gasteiger partial charge is 0.497 e. The molecule has 0 saturated heterocycles. The molecule has 0 atom stereocenters. The smallest absolute Gasteiger partial charge is 0.387 e. The molecule has 0 fully saturated rings. The maximum absolute atomic E-state index is 12.9. The van der Waals surface area contributed by atoms with Crippen LogP contribution < -0.4 is 19.5 Å². The number of halogens is 2. The number of hydrogen-bond acceptors (Lipinski definition) is 7. The Morgan fingerprint density at radius 2 is 1.76 bits per heavy atom. The number of hydrogen-bond donors (Lipinski definition) is 1. The minimum Gasteiger partial charge on any atom is -0.497 e. The average molecular weight is 477 g/mol. The Morgan fingerprint density at radius 1 is 1.03 bits per heavy atom. The van der Waals surface area contributed by atoms with Crippen molar-refractivity contribution in [2.24, 2.45) is 0 Å². The molecule has 174 valence electrons. The molecule has 1 heterocycles. The number of alkyl halides is 2. The van der Waals surface area contributed by atoms with Crippen LogP contribution in [-0.4, -0.2) is 39.3 Å². The van der Waals surface area contributed by atoms with Gasteiger partial charge in [-0.15, -0.1) is 11.3 Å². The van der Waals surface area contributed by atoms with Gasteiger partial charge in [-0.3, -0.25) is 4.79 Å². The third-order valence-electron chi connectivity index (χ3n) is 4.54. The molecule has 1 amide bonds. The second-order valence-electron chi connectivity index (χ2n) is 6.50. The molecule has 0 aliphatic heterocycles. The molecular formula is C23H21F2NO6S. The maximum atomic E-state index is 12.9. The molecule has 0 unspecified atom stereocenters. The Morgan fingerprint density at radius 3 is 2.36 bits per heavy atom. The van der Waals surface area contributed by atoms with Crippen molar-refractivity contribution in [1.82, 2.24) is 0 Å². The minimum absolute atomic E-state index is 0.0290. The van der Waals surface area contributed by atoms with Crippen molar-refractivity contribution in [2.75, 3.05) is 26.1 Å². The third kappa shape index (κ3) is 5.58. The zero-order chi connectivity index (χ0) is 24.0. The summed E-state index contributed by atoms with van der Waals surface area (Å²) in [5.74, 6) is -0.718. The number of esters is 1. The van der Waals surface area contributed by atoms with Crippen LogP contribution in [0.25, 0.3) is 11.1 Å². The summed E-state index contributed by atoms with van der Waals surface area (Å²) in [6.45, 7) is -1.19. The fraction of sp³-hybridized carbons (Fsp3) is 0.217. The number of thiophene rings is 1. The Balaban J connectivity index is 1.93. The molecule has 0 spiro atoms. The van der Waals surface area contributed by atoms with Gasteiger partial charge in [-0.05, 0) is 42.8 Å². The van der Waals surface area contributed by atoms with Crippen LogP contribution in [0.15, 0.2) is 47.8 Å². The lowest BCUT2D eigenvalue weighted by Gasteiger charge is -2.12. The van der Waals surface area contributed by atoms with Gasteiger partial charge < -0.3 is 24.3 Å². The lowest BCUT2D eigenvalue weighted by molar-refractivity contribution is -0.0512. The van der Waals surface area contributed by atoms with Gasteiger partial charge in [0.25, 0.3) is 5.91 Å². The van der Waals surface area contributed by atoms with Gasteiger partial charge >= 0.3 is 12.6 Å². The van der Waals surface area contributed by atoms with Gasteiger partial charge in [-0.2, -0.15) is 8.78 Å². The SMILES string of the molecule is CCOC(=O)c1c(-c2ccc(OC)cc2)csc1NC(=O)c1ccc(OC(F)F)c(OC)c1. The number of rotatable bonds is 9. The highest BCUT2D eigenvalue weighted by Crippen LogP contribution is 2.37. The summed E-state index contributed by atoms with van der Waals surface area (Å²) in [6.07, 6.45) is 0. The second-order valence-corrected chi connectivity index (χ2v) is 7.38. The molecule has 3 rings (SSSR count). The van der Waals surface area contributed by atoms with Gasteiger partial charge in [-0.25, -0.2) is 4.79 Å². The Hall–Kier alpha value is -3.66. The van der Waals surface area contributed by atoms with Gasteiger partial charge in [0.05, 0.1) is 20.8 Å². The number of amides is 1. The maximum Gasteiger partial charge on any atom is 0.387 e. The molecule has 10 heteroatoms. The summed E-state index contributed by atoms with van der Waals surface area (Å²) in [6, 6.07) is 10.9. The summed E-state index contributed by atoms with van der Waals surface area (Å²) >= 11 is 1.16. The first-order valence-corrected chi connectivity index (χ1v) is 10.6. The van der Waals surface area contributed by atoms with Crippen LogP contribution in [0.5, 0.6) is 17.2 Å². The van der Waals surface area contributed by atoms with Crippen molar-refractivity contribution in [3.8, 4) is 28.4 Å². The monoisotopic (exact) mass is 477 g/mol. The quantitative estimate of drug-likeness (QED) is 0.412. The Labute approximate surface area is 192 Å². The van der Waals surface area contributed by atoms with E-state index in [4.69, 9.17) is 14.2 Å². The van der Waals surface area contributed by atoms with Crippen LogP contribution in [-0.2, 0) is 4.74 Å². The topological polar surface area (TPSA) is 83.1 Å². The normalized spacial score (nSPS) is 10.6. The zero-order valence-electron chi connectivity index (χ0n) is 18.0. The number of carbonyl (C=O) groups excluding carboxylic acids is 2. The second kappa shape index (κ2) is 10.8. The van der Waals surface area contributed by atoms with Crippen molar-refractivity contribution in [3.63, 3.8) is 0 Å². The van der Waals surface area contributed by atoms with Crippen molar-refractivity contribution in [1.29, 1.82) is 0 Å². The molecule has 0 bridgehead atoms. The number of benzene rings is 2. The van der Waals surface area contributed by atoms with E-state index in [0.29, 0.717) is 11.3 Å². The van der Waals surface area contributed by atoms with E-state index in [2.05, 4.69) is 10.1 Å². The molecule has 3 aromatic rings. The summed E-state index contributed by atoms with van der Waals surface area (Å²) in [4.78, 5) is 25.6. The van der Waals surface area contributed by atoms with Crippen molar-refractivity contribution in [3.05, 3.63) is 59.0 Å². The van der Waals surface area contributed by atoms with Gasteiger partial charge in [0.15, 0.2) is 11.5 Å². The van der Waals surface area contributed by atoms with E-state index in [-0.39, 0.29) is 34.2 Å². The highest BCUT2D eigenvalue weighted by atomic mass is 32.1. The predicted molar refractivity (Wildman–Crippen MR) is 120 cm³/mol. The summed E-state index contributed by atoms with van der Waals surface area (Å²) < 4.78 is 44.9. The van der Waals surface area contributed by atoms with Crippen molar-refractivity contribution >= 4 is 28.2 Å². The number of carbonyl (C=O) groups is 2. The first-order valence-electron chi connectivity index (χ1n) is 9.75. The summed E-state index contributed by atoms with van der Waals surface area (Å²) in [5.41, 5.74) is 1.67. The molecule has 1 aromatic heterocycles. The molecule has 7 nitrogen and oxygen atoms in total. The van der Waals surface area contributed by atoms with E-state index in [9.17, 15) is 18.4 Å². The van der Waals surface area contributed by atoms with E-state index in [0.717, 1.165) is 16.9 Å². The van der Waals surface area contributed by atoms with E-state index in [1.807, 2.05) is 0 Å². The van der Waals surface area contributed by atoms with Crippen LogP contribution in [0.4, 0.5) is 13.8 Å². The van der Waals surface area contributed by atoms with E-state index >= 15 is 0 Å². The van der Waals surface area contributed by atoms with Gasteiger partial charge in [0, 0.05) is 16.5 Å². The molecule has 33 heavy (non-hydrogen) atoms. The number of anilines is 1. The molecular weight excluding hydrogens is 456 g/mol. The fourth-order valence-electron chi connectivity index (χ4n) is 3.02. The molecule has 0 radical (unpaired) electrons. The predicted octanol–water partition coefficient (Wildman–Crippen LogP) is 5.46. The van der Waals surface area contributed by atoms with Gasteiger partial charge in [0.1, 0.15) is 16.3 Å². The summed E-state index contributed by atoms with van der Waals surface area (Å²) in [5, 5.41) is 4.73. The van der Waals surface area contributed by atoms with Crippen LogP contribution in [0.1, 0.15) is 27.6 Å². The molecule has 0 saturated carbocycles. The number of ether oxygens (including phenoxy) is 4. The molecule has 0 aliphatic rings. The van der Waals surface area contributed by atoms with Gasteiger partial charge in [-0.1, -0.05) is 12.1 Å². The zero-order valence-corrected chi connectivity index (χ0v) is 18.8. The van der Waals surface area contributed by atoms with Crippen LogP contribution in [0.3, 0.4) is 0 Å². The first kappa shape index (κ1) is 24.0. The molecule has 1 N–H and O–H groups in total. The molecule has 0 aliphatic carbocycles. The van der Waals surface area contributed by atoms with Crippen molar-refractivity contribution < 1.29 is 37.3 Å². The van der Waals surface area contributed by atoms with E-state index in [1.54, 1.807) is 43.7 Å². The van der Waals surface area contributed by atoms with Gasteiger partial charge in [0.2, 0.25) is 0 Å². The van der Waals surface area contributed by atoms with Crippen LogP contribution in [0, 0.1) is 0 Å².